The van der Waals surface area contributed by atoms with Gasteiger partial charge in [0.05, 0.1) is 12.4 Å². The van der Waals surface area contributed by atoms with Crippen molar-refractivity contribution in [2.45, 2.75) is 26.5 Å². The average molecular weight is 349 g/mol. The Kier molecular flexibility index (Phi) is 6.37. The van der Waals surface area contributed by atoms with Gasteiger partial charge in [-0.2, -0.15) is 4.98 Å². The molecule has 0 saturated carbocycles. The summed E-state index contributed by atoms with van der Waals surface area (Å²) in [6, 6.07) is 7.02. The van der Waals surface area contributed by atoms with Crippen molar-refractivity contribution in [3.05, 3.63) is 47.2 Å². The molecule has 0 spiro atoms. The highest BCUT2D eigenvalue weighted by Gasteiger charge is 2.21. The zero-order valence-electron chi connectivity index (χ0n) is 13.9. The number of aromatic nitrogens is 2. The van der Waals surface area contributed by atoms with E-state index in [0.717, 1.165) is 5.56 Å². The van der Waals surface area contributed by atoms with Gasteiger partial charge in [-0.15, -0.1) is 0 Å². The first-order valence-corrected chi connectivity index (χ1v) is 8.05. The van der Waals surface area contributed by atoms with E-state index in [1.54, 1.807) is 19.3 Å². The number of nitrogens with zero attached hydrogens (tertiary/aromatic N) is 2. The lowest BCUT2D eigenvalue weighted by Crippen LogP contribution is -2.41. The number of benzene rings is 1. The van der Waals surface area contributed by atoms with Gasteiger partial charge in [0.2, 0.25) is 11.8 Å². The second-order valence-electron chi connectivity index (χ2n) is 5.64. The van der Waals surface area contributed by atoms with Gasteiger partial charge in [-0.1, -0.05) is 37.6 Å². The lowest BCUT2D eigenvalue weighted by Gasteiger charge is -2.21. The van der Waals surface area contributed by atoms with Gasteiger partial charge in [0.1, 0.15) is 18.5 Å². The highest BCUT2D eigenvalue weighted by molar-refractivity contribution is 6.30. The van der Waals surface area contributed by atoms with Crippen molar-refractivity contribution >= 4 is 23.3 Å². The second-order valence-corrected chi connectivity index (χ2v) is 6.08. The molecule has 24 heavy (non-hydrogen) atoms. The molecule has 1 amide bonds. The molecule has 128 valence electrons. The molecule has 0 aliphatic carbocycles. The van der Waals surface area contributed by atoms with E-state index in [4.69, 9.17) is 16.3 Å². The maximum atomic E-state index is 11.9. The monoisotopic (exact) mass is 348 g/mol. The topological polar surface area (TPSA) is 76.1 Å². The fourth-order valence-corrected chi connectivity index (χ4v) is 2.33. The minimum atomic E-state index is -0.396. The Morgan fingerprint density at radius 2 is 2.12 bits per heavy atom. The van der Waals surface area contributed by atoms with Crippen LogP contribution in [0.4, 0.5) is 5.82 Å². The van der Waals surface area contributed by atoms with E-state index in [9.17, 15) is 4.79 Å². The predicted octanol–water partition coefficient (Wildman–Crippen LogP) is 2.89. The van der Waals surface area contributed by atoms with Crippen molar-refractivity contribution in [3.63, 3.8) is 0 Å². The van der Waals surface area contributed by atoms with Gasteiger partial charge in [0.15, 0.2) is 0 Å². The largest absolute Gasteiger partial charge is 0.472 e. The van der Waals surface area contributed by atoms with Gasteiger partial charge in [0.25, 0.3) is 0 Å². The van der Waals surface area contributed by atoms with Crippen LogP contribution >= 0.6 is 11.6 Å². The molecule has 2 rings (SSSR count). The number of carbonyl (C=O) groups excluding carboxylic acids is 1. The van der Waals surface area contributed by atoms with Crippen LogP contribution in [0.25, 0.3) is 0 Å². The number of hydrogen-bond acceptors (Lipinski definition) is 5. The third-order valence-corrected chi connectivity index (χ3v) is 3.62. The molecule has 1 heterocycles. The van der Waals surface area contributed by atoms with Crippen LogP contribution in [0.1, 0.15) is 19.4 Å². The molecule has 1 unspecified atom stereocenters. The standard InChI is InChI=1S/C17H21ClN4O2/c1-11(2)16(17(23)19-3)22-14-8-20-9-15(21-14)24-10-12-5-4-6-13(18)7-12/h4-9,11,16H,10H2,1-3H3,(H,19,23)(H,21,22). The van der Waals surface area contributed by atoms with Gasteiger partial charge in [-0.05, 0) is 23.6 Å². The van der Waals surface area contributed by atoms with Gasteiger partial charge in [-0.3, -0.25) is 9.78 Å². The van der Waals surface area contributed by atoms with E-state index in [1.165, 1.54) is 6.20 Å². The number of anilines is 1. The summed E-state index contributed by atoms with van der Waals surface area (Å²) in [5.74, 6) is 0.861. The molecule has 0 saturated heterocycles. The smallest absolute Gasteiger partial charge is 0.242 e. The van der Waals surface area contributed by atoms with Crippen LogP contribution in [-0.4, -0.2) is 29.0 Å². The molecule has 1 atom stereocenters. The van der Waals surface area contributed by atoms with Crippen LogP contribution < -0.4 is 15.4 Å². The van der Waals surface area contributed by atoms with Crippen molar-refractivity contribution < 1.29 is 9.53 Å². The molecular formula is C17H21ClN4O2. The number of likely N-dealkylation sites (N-methyl/N-ethyl adjacent to an activating group) is 1. The van der Waals surface area contributed by atoms with Gasteiger partial charge in [-0.25, -0.2) is 0 Å². The Morgan fingerprint density at radius 1 is 1.33 bits per heavy atom. The Morgan fingerprint density at radius 3 is 2.79 bits per heavy atom. The normalized spacial score (nSPS) is 11.9. The van der Waals surface area contributed by atoms with Crippen LogP contribution in [0.2, 0.25) is 5.02 Å². The molecule has 1 aromatic carbocycles. The Hall–Kier alpha value is -2.34. The number of rotatable bonds is 7. The minimum Gasteiger partial charge on any atom is -0.472 e. The fraction of sp³-hybridized carbons (Fsp3) is 0.353. The zero-order chi connectivity index (χ0) is 17.5. The van der Waals surface area contributed by atoms with Crippen molar-refractivity contribution in [1.82, 2.24) is 15.3 Å². The van der Waals surface area contributed by atoms with E-state index in [1.807, 2.05) is 32.0 Å². The summed E-state index contributed by atoms with van der Waals surface area (Å²) in [6.45, 7) is 4.25. The molecule has 1 aromatic heterocycles. The van der Waals surface area contributed by atoms with Gasteiger partial charge >= 0.3 is 0 Å². The summed E-state index contributed by atoms with van der Waals surface area (Å²) in [7, 11) is 1.61. The Balaban J connectivity index is 2.04. The summed E-state index contributed by atoms with van der Waals surface area (Å²) in [5, 5.41) is 6.39. The van der Waals surface area contributed by atoms with Gasteiger partial charge < -0.3 is 15.4 Å². The summed E-state index contributed by atoms with van der Waals surface area (Å²) < 4.78 is 5.64. The zero-order valence-corrected chi connectivity index (χ0v) is 14.7. The summed E-state index contributed by atoms with van der Waals surface area (Å²) >= 11 is 5.95. The lowest BCUT2D eigenvalue weighted by molar-refractivity contribution is -0.122. The summed E-state index contributed by atoms with van der Waals surface area (Å²) in [6.07, 6.45) is 3.09. The maximum absolute atomic E-state index is 11.9. The van der Waals surface area contributed by atoms with E-state index >= 15 is 0 Å². The van der Waals surface area contributed by atoms with Gasteiger partial charge in [0, 0.05) is 12.1 Å². The Bertz CT molecular complexity index is 694. The minimum absolute atomic E-state index is 0.0998. The molecule has 0 aliphatic heterocycles. The number of hydrogen-bond donors (Lipinski definition) is 2. The third kappa shape index (κ3) is 5.09. The highest BCUT2D eigenvalue weighted by atomic mass is 35.5. The molecule has 0 aliphatic rings. The maximum Gasteiger partial charge on any atom is 0.242 e. The molecule has 6 nitrogen and oxygen atoms in total. The van der Waals surface area contributed by atoms with Crippen LogP contribution in [0.15, 0.2) is 36.7 Å². The Labute approximate surface area is 146 Å². The number of halogens is 1. The number of carbonyl (C=O) groups is 1. The van der Waals surface area contributed by atoms with E-state index in [2.05, 4.69) is 20.6 Å². The number of nitrogens with one attached hydrogen (secondary N) is 2. The summed E-state index contributed by atoms with van der Waals surface area (Å²) in [4.78, 5) is 20.4. The average Bonchev–Trinajstić information content (AvgIpc) is 2.57. The third-order valence-electron chi connectivity index (χ3n) is 3.39. The predicted molar refractivity (Wildman–Crippen MR) is 94.1 cm³/mol. The molecule has 2 aromatic rings. The van der Waals surface area contributed by atoms with Crippen molar-refractivity contribution in [2.24, 2.45) is 5.92 Å². The van der Waals surface area contributed by atoms with Crippen LogP contribution in [0, 0.1) is 5.92 Å². The van der Waals surface area contributed by atoms with Crippen LogP contribution in [0.3, 0.4) is 0 Å². The fourth-order valence-electron chi connectivity index (χ4n) is 2.12. The highest BCUT2D eigenvalue weighted by Crippen LogP contribution is 2.16. The molecule has 0 radical (unpaired) electrons. The van der Waals surface area contributed by atoms with E-state index in [-0.39, 0.29) is 11.8 Å². The molecule has 7 heteroatoms. The molecular weight excluding hydrogens is 328 g/mol. The molecule has 0 fully saturated rings. The molecule has 0 bridgehead atoms. The number of ether oxygens (including phenoxy) is 1. The first kappa shape index (κ1) is 18.0. The van der Waals surface area contributed by atoms with Crippen LogP contribution in [-0.2, 0) is 11.4 Å². The summed E-state index contributed by atoms with van der Waals surface area (Å²) in [5.41, 5.74) is 0.938. The van der Waals surface area contributed by atoms with Crippen molar-refractivity contribution in [2.75, 3.05) is 12.4 Å². The van der Waals surface area contributed by atoms with E-state index in [0.29, 0.717) is 23.3 Å². The first-order chi connectivity index (χ1) is 11.5. The molecule has 2 N–H and O–H groups in total. The first-order valence-electron chi connectivity index (χ1n) is 7.67. The van der Waals surface area contributed by atoms with Crippen LogP contribution in [0.5, 0.6) is 5.88 Å². The van der Waals surface area contributed by atoms with E-state index < -0.39 is 6.04 Å². The van der Waals surface area contributed by atoms with Crippen molar-refractivity contribution in [3.8, 4) is 5.88 Å². The van der Waals surface area contributed by atoms with Crippen molar-refractivity contribution in [1.29, 1.82) is 0 Å². The number of amides is 1. The second kappa shape index (κ2) is 8.49. The lowest BCUT2D eigenvalue weighted by atomic mass is 10.0. The quantitative estimate of drug-likeness (QED) is 0.804. The SMILES string of the molecule is CNC(=O)C(Nc1cncc(OCc2cccc(Cl)c2)n1)C(C)C.